The Hall–Kier alpha value is -1.36. The van der Waals surface area contributed by atoms with E-state index in [1.807, 2.05) is 0 Å². The first-order valence-electron chi connectivity index (χ1n) is 24.7. The van der Waals surface area contributed by atoms with Gasteiger partial charge in [0.2, 0.25) is 5.91 Å². The molecular weight excluding hydrogens is 677 g/mol. The van der Waals surface area contributed by atoms with E-state index in [0.29, 0.717) is 43.1 Å². The molecule has 55 heavy (non-hydrogen) atoms. The topological polar surface area (TPSA) is 58.6 Å². The maximum atomic E-state index is 13.5. The molecule has 324 valence electrons. The monoisotopic (exact) mass is 773 g/mol. The van der Waals surface area contributed by atoms with Gasteiger partial charge in [0.25, 0.3) is 0 Å². The van der Waals surface area contributed by atoms with Crippen molar-refractivity contribution in [3.63, 3.8) is 0 Å². The van der Waals surface area contributed by atoms with Crippen LogP contribution < -0.4 is 5.32 Å². The summed E-state index contributed by atoms with van der Waals surface area (Å²) in [4.78, 5) is 28.8. The van der Waals surface area contributed by atoms with E-state index in [1.165, 1.54) is 167 Å². The minimum absolute atomic E-state index is 0.0837. The fraction of sp³-hybridized carbons (Fsp3) is 0.920. The zero-order valence-electron chi connectivity index (χ0n) is 38.0. The first kappa shape index (κ1) is 51.7. The maximum Gasteiger partial charge on any atom is 0.305 e. The summed E-state index contributed by atoms with van der Waals surface area (Å²) in [6.45, 7) is 16.9. The van der Waals surface area contributed by atoms with E-state index in [9.17, 15) is 9.59 Å². The largest absolute Gasteiger partial charge is 0.463 e. The second-order valence-electron chi connectivity index (χ2n) is 17.8. The second-order valence-corrected chi connectivity index (χ2v) is 17.8. The molecule has 0 spiro atoms. The Labute approximate surface area is 344 Å². The van der Waals surface area contributed by atoms with E-state index in [2.05, 4.69) is 63.9 Å². The Morgan fingerprint density at radius 3 is 1.62 bits per heavy atom. The molecule has 0 aromatic carbocycles. The van der Waals surface area contributed by atoms with Crippen molar-refractivity contribution < 1.29 is 14.3 Å². The van der Waals surface area contributed by atoms with Crippen molar-refractivity contribution >= 4 is 11.9 Å². The number of esters is 1. The second kappa shape index (κ2) is 36.9. The summed E-state index contributed by atoms with van der Waals surface area (Å²) in [5.41, 5.74) is 0. The zero-order valence-corrected chi connectivity index (χ0v) is 38.0. The van der Waals surface area contributed by atoms with Crippen molar-refractivity contribution in [2.75, 3.05) is 26.2 Å². The van der Waals surface area contributed by atoms with Crippen LogP contribution in [0, 0.1) is 23.7 Å². The molecule has 0 radical (unpaired) electrons. The van der Waals surface area contributed by atoms with Crippen LogP contribution in [0.25, 0.3) is 0 Å². The Balaban J connectivity index is 2.59. The number of rotatable bonds is 39. The molecule has 0 aromatic heterocycles. The molecule has 1 aliphatic rings. The van der Waals surface area contributed by atoms with Gasteiger partial charge < -0.3 is 15.0 Å². The van der Waals surface area contributed by atoms with Gasteiger partial charge in [-0.2, -0.15) is 0 Å². The number of carbonyl (C=O) groups excluding carboxylic acids is 2. The SMILES string of the molecule is CCCCCCCC/C=C\CCCCCCCC(=O)N[C@@H](COC(=O)CCCN(CC)CC)[C@@H]1C(C(C)C)CC[C@@H]1CCCCCCCCCCCCCC. The van der Waals surface area contributed by atoms with Gasteiger partial charge in [-0.3, -0.25) is 9.59 Å². The molecule has 1 rings (SSSR count). The van der Waals surface area contributed by atoms with Gasteiger partial charge >= 0.3 is 5.97 Å². The number of carbonyl (C=O) groups is 2. The molecule has 5 nitrogen and oxygen atoms in total. The van der Waals surface area contributed by atoms with Crippen molar-refractivity contribution in [3.8, 4) is 0 Å². The Morgan fingerprint density at radius 2 is 1.11 bits per heavy atom. The van der Waals surface area contributed by atoms with E-state index in [0.717, 1.165) is 38.9 Å². The van der Waals surface area contributed by atoms with E-state index in [1.54, 1.807) is 0 Å². The lowest BCUT2D eigenvalue weighted by atomic mass is 9.76. The van der Waals surface area contributed by atoms with E-state index in [-0.39, 0.29) is 17.9 Å². The third-order valence-corrected chi connectivity index (χ3v) is 12.8. The molecule has 1 saturated carbocycles. The molecular formula is C50H96N2O3. The fourth-order valence-corrected chi connectivity index (χ4v) is 9.26. The van der Waals surface area contributed by atoms with Crippen LogP contribution >= 0.6 is 0 Å². The van der Waals surface area contributed by atoms with Crippen LogP contribution in [0.15, 0.2) is 12.2 Å². The number of hydrogen-bond donors (Lipinski definition) is 1. The molecule has 4 atom stereocenters. The van der Waals surface area contributed by atoms with Crippen LogP contribution in [0.5, 0.6) is 0 Å². The zero-order chi connectivity index (χ0) is 40.2. The van der Waals surface area contributed by atoms with Gasteiger partial charge in [-0.05, 0) is 94.7 Å². The summed E-state index contributed by atoms with van der Waals surface area (Å²) in [7, 11) is 0. The van der Waals surface area contributed by atoms with Gasteiger partial charge in [0.15, 0.2) is 0 Å². The summed E-state index contributed by atoms with van der Waals surface area (Å²) in [6, 6.07) is -0.0837. The Bertz CT molecular complexity index is 899. The number of nitrogens with zero attached hydrogens (tertiary/aromatic N) is 1. The number of ether oxygens (including phenoxy) is 1. The lowest BCUT2D eigenvalue weighted by molar-refractivity contribution is -0.146. The molecule has 1 fully saturated rings. The number of hydrogen-bond acceptors (Lipinski definition) is 4. The molecule has 0 aromatic rings. The molecule has 0 saturated heterocycles. The number of amides is 1. The highest BCUT2D eigenvalue weighted by Gasteiger charge is 2.42. The molecule has 0 bridgehead atoms. The Kier molecular flexibility index (Phi) is 34.7. The summed E-state index contributed by atoms with van der Waals surface area (Å²) in [5.74, 6) is 2.15. The average Bonchev–Trinajstić information content (AvgIpc) is 3.61. The van der Waals surface area contributed by atoms with Crippen molar-refractivity contribution in [2.45, 2.75) is 247 Å². The molecule has 1 unspecified atom stereocenters. The number of allylic oxidation sites excluding steroid dienone is 2. The first-order chi connectivity index (χ1) is 26.9. The maximum absolute atomic E-state index is 13.5. The van der Waals surface area contributed by atoms with Gasteiger partial charge in [-0.15, -0.1) is 0 Å². The molecule has 0 aliphatic heterocycles. The summed E-state index contributed by atoms with van der Waals surface area (Å²) in [5, 5.41) is 3.48. The van der Waals surface area contributed by atoms with Gasteiger partial charge in [-0.1, -0.05) is 189 Å². The molecule has 0 heterocycles. The number of nitrogens with one attached hydrogen (secondary N) is 1. The quantitative estimate of drug-likeness (QED) is 0.0384. The van der Waals surface area contributed by atoms with Gasteiger partial charge in [0.05, 0.1) is 6.04 Å². The Morgan fingerprint density at radius 1 is 0.618 bits per heavy atom. The highest BCUT2D eigenvalue weighted by molar-refractivity contribution is 5.76. The predicted molar refractivity (Wildman–Crippen MR) is 240 cm³/mol. The molecule has 1 aliphatic carbocycles. The predicted octanol–water partition coefficient (Wildman–Crippen LogP) is 14.6. The number of unbranched alkanes of at least 4 members (excludes halogenated alkanes) is 22. The lowest BCUT2D eigenvalue weighted by Crippen LogP contribution is -2.47. The molecule has 1 N–H and O–H groups in total. The van der Waals surface area contributed by atoms with E-state index < -0.39 is 0 Å². The van der Waals surface area contributed by atoms with Crippen LogP contribution in [0.1, 0.15) is 241 Å². The van der Waals surface area contributed by atoms with Crippen LogP contribution in [-0.4, -0.2) is 49.1 Å². The van der Waals surface area contributed by atoms with Crippen LogP contribution in [-0.2, 0) is 14.3 Å². The van der Waals surface area contributed by atoms with Crippen LogP contribution in [0.3, 0.4) is 0 Å². The smallest absolute Gasteiger partial charge is 0.305 e. The van der Waals surface area contributed by atoms with Gasteiger partial charge in [0, 0.05) is 12.8 Å². The highest BCUT2D eigenvalue weighted by Crippen LogP contribution is 2.45. The minimum atomic E-state index is -0.111. The molecule has 1 amide bonds. The highest BCUT2D eigenvalue weighted by atomic mass is 16.5. The lowest BCUT2D eigenvalue weighted by Gasteiger charge is -2.35. The van der Waals surface area contributed by atoms with Crippen molar-refractivity contribution in [3.05, 3.63) is 12.2 Å². The third kappa shape index (κ3) is 27.8. The first-order valence-corrected chi connectivity index (χ1v) is 24.7. The normalized spacial score (nSPS) is 17.9. The van der Waals surface area contributed by atoms with E-state index in [4.69, 9.17) is 4.74 Å². The van der Waals surface area contributed by atoms with Crippen LogP contribution in [0.2, 0.25) is 0 Å². The fourth-order valence-electron chi connectivity index (χ4n) is 9.26. The van der Waals surface area contributed by atoms with Gasteiger partial charge in [-0.25, -0.2) is 0 Å². The van der Waals surface area contributed by atoms with Crippen LogP contribution in [0.4, 0.5) is 0 Å². The van der Waals surface area contributed by atoms with E-state index >= 15 is 0 Å². The summed E-state index contributed by atoms with van der Waals surface area (Å²) >= 11 is 0. The summed E-state index contributed by atoms with van der Waals surface area (Å²) < 4.78 is 6.01. The standard InChI is InChI=1S/C50H96N2O3/c1-7-11-13-15-17-19-21-23-24-25-27-29-31-33-35-38-48(53)51-47(43-55-49(54)39-36-42-52(9-3)10-4)50-45(40-41-46(50)44(5)6)37-34-32-30-28-26-22-20-18-16-14-12-8-2/h23-24,44-47,50H,7-22,25-43H2,1-6H3,(H,51,53)/b24-23-/t45-,46?,47-,50-/m0/s1. The minimum Gasteiger partial charge on any atom is -0.463 e. The van der Waals surface area contributed by atoms with Crippen molar-refractivity contribution in [1.82, 2.24) is 10.2 Å². The van der Waals surface area contributed by atoms with Gasteiger partial charge in [0.1, 0.15) is 6.61 Å². The molecule has 5 heteroatoms. The third-order valence-electron chi connectivity index (χ3n) is 12.8. The van der Waals surface area contributed by atoms with Crippen molar-refractivity contribution in [1.29, 1.82) is 0 Å². The average molecular weight is 773 g/mol. The van der Waals surface area contributed by atoms with Crippen molar-refractivity contribution in [2.24, 2.45) is 23.7 Å². The summed E-state index contributed by atoms with van der Waals surface area (Å²) in [6.07, 6.45) is 43.2.